The third-order valence-electron chi connectivity index (χ3n) is 3.35. The minimum atomic E-state index is -1.31. The lowest BCUT2D eigenvalue weighted by atomic mass is 9.70. The van der Waals surface area contributed by atoms with Gasteiger partial charge in [-0.05, 0) is 44.2 Å². The van der Waals surface area contributed by atoms with Crippen LogP contribution in [0.4, 0.5) is 4.39 Å². The van der Waals surface area contributed by atoms with Crippen molar-refractivity contribution in [1.82, 2.24) is 0 Å². The molecule has 0 unspecified atom stereocenters. The third kappa shape index (κ3) is 1.78. The summed E-state index contributed by atoms with van der Waals surface area (Å²) in [6.45, 7) is 3.18. The fraction of sp³-hybridized carbons (Fsp3) is 0.538. The molecule has 1 aromatic rings. The van der Waals surface area contributed by atoms with Crippen molar-refractivity contribution < 1.29 is 4.39 Å². The van der Waals surface area contributed by atoms with Crippen LogP contribution in [-0.2, 0) is 11.2 Å². The number of hydrogen-bond acceptors (Lipinski definition) is 1. The molecule has 2 rings (SSSR count). The van der Waals surface area contributed by atoms with Gasteiger partial charge < -0.3 is 5.73 Å². The molecule has 0 bridgehead atoms. The number of hydrogen-bond donors (Lipinski definition) is 1. The predicted octanol–water partition coefficient (Wildman–Crippen LogP) is 3.23. The molecule has 2 N–H and O–H groups in total. The summed E-state index contributed by atoms with van der Waals surface area (Å²) in [7, 11) is 0. The van der Waals surface area contributed by atoms with Gasteiger partial charge in [0.05, 0.1) is 0 Å². The maximum absolute atomic E-state index is 14.0. The molecule has 1 aliphatic rings. The second kappa shape index (κ2) is 3.31. The highest BCUT2D eigenvalue weighted by Gasteiger charge is 2.38. The molecular formula is C13H18FN. The summed E-state index contributed by atoms with van der Waals surface area (Å²) in [5.41, 5.74) is 6.40. The van der Waals surface area contributed by atoms with Gasteiger partial charge in [0.1, 0.15) is 5.67 Å². The first kappa shape index (κ1) is 10.6. The normalized spacial score (nSPS) is 19.7. The lowest BCUT2D eigenvalue weighted by Gasteiger charge is -2.41. The molecule has 1 fully saturated rings. The number of halogens is 1. The first-order valence-corrected chi connectivity index (χ1v) is 5.51. The molecule has 1 aromatic carbocycles. The smallest absolute Gasteiger partial charge is 0.130 e. The molecule has 0 heterocycles. The maximum atomic E-state index is 14.0. The molecule has 15 heavy (non-hydrogen) atoms. The van der Waals surface area contributed by atoms with E-state index in [0.717, 1.165) is 30.4 Å². The van der Waals surface area contributed by atoms with Crippen molar-refractivity contribution in [2.45, 2.75) is 44.3 Å². The predicted molar refractivity (Wildman–Crippen MR) is 60.3 cm³/mol. The van der Waals surface area contributed by atoms with Gasteiger partial charge in [-0.1, -0.05) is 24.3 Å². The summed E-state index contributed by atoms with van der Waals surface area (Å²) < 4.78 is 14.0. The van der Waals surface area contributed by atoms with Crippen molar-refractivity contribution in [3.8, 4) is 0 Å². The molecule has 0 atom stereocenters. The average Bonchev–Trinajstić information content (AvgIpc) is 2.13. The first-order valence-electron chi connectivity index (χ1n) is 5.51. The van der Waals surface area contributed by atoms with E-state index in [1.54, 1.807) is 13.8 Å². The van der Waals surface area contributed by atoms with E-state index in [1.807, 2.05) is 24.3 Å². The minimum Gasteiger partial charge on any atom is -0.321 e. The van der Waals surface area contributed by atoms with Crippen LogP contribution >= 0.6 is 0 Å². The highest BCUT2D eigenvalue weighted by atomic mass is 19.1. The van der Waals surface area contributed by atoms with E-state index in [9.17, 15) is 4.39 Å². The van der Waals surface area contributed by atoms with Gasteiger partial charge in [0, 0.05) is 5.54 Å². The number of rotatable bonds is 2. The molecule has 0 aromatic heterocycles. The number of alkyl halides is 1. The van der Waals surface area contributed by atoms with Crippen LogP contribution in [0.15, 0.2) is 24.3 Å². The summed E-state index contributed by atoms with van der Waals surface area (Å²) in [5, 5.41) is 0. The zero-order chi connectivity index (χ0) is 11.1. The number of benzene rings is 1. The largest absolute Gasteiger partial charge is 0.321 e. The van der Waals surface area contributed by atoms with Crippen LogP contribution in [0.3, 0.4) is 0 Å². The van der Waals surface area contributed by atoms with E-state index in [-0.39, 0.29) is 5.54 Å². The standard InChI is InChI=1S/C13H18FN/c1-12(2,14)10-6-3-4-7-11(10)13(15)8-5-9-13/h3-4,6-7H,5,8-9,15H2,1-2H3. The molecule has 0 spiro atoms. The highest BCUT2D eigenvalue weighted by molar-refractivity contribution is 5.38. The quantitative estimate of drug-likeness (QED) is 0.791. The fourth-order valence-corrected chi connectivity index (χ4v) is 2.26. The minimum absolute atomic E-state index is 0.278. The Morgan fingerprint density at radius 1 is 1.27 bits per heavy atom. The van der Waals surface area contributed by atoms with Gasteiger partial charge in [0.15, 0.2) is 0 Å². The van der Waals surface area contributed by atoms with Crippen molar-refractivity contribution in [2.75, 3.05) is 0 Å². The molecule has 0 aliphatic heterocycles. The highest BCUT2D eigenvalue weighted by Crippen LogP contribution is 2.43. The Labute approximate surface area is 90.5 Å². The van der Waals surface area contributed by atoms with E-state index in [1.165, 1.54) is 0 Å². The Morgan fingerprint density at radius 3 is 2.33 bits per heavy atom. The van der Waals surface area contributed by atoms with E-state index < -0.39 is 5.67 Å². The van der Waals surface area contributed by atoms with Crippen LogP contribution in [0.25, 0.3) is 0 Å². The summed E-state index contributed by atoms with van der Waals surface area (Å²) in [5.74, 6) is 0. The fourth-order valence-electron chi connectivity index (χ4n) is 2.26. The van der Waals surface area contributed by atoms with Gasteiger partial charge in [-0.25, -0.2) is 4.39 Å². The van der Waals surface area contributed by atoms with Crippen LogP contribution in [-0.4, -0.2) is 0 Å². The molecule has 82 valence electrons. The molecule has 1 nitrogen and oxygen atoms in total. The van der Waals surface area contributed by atoms with Gasteiger partial charge in [-0.3, -0.25) is 0 Å². The molecule has 2 heteroatoms. The number of nitrogens with two attached hydrogens (primary N) is 1. The summed E-state index contributed by atoms with van der Waals surface area (Å²) in [4.78, 5) is 0. The Kier molecular flexibility index (Phi) is 2.34. The van der Waals surface area contributed by atoms with Gasteiger partial charge in [0.25, 0.3) is 0 Å². The summed E-state index contributed by atoms with van der Waals surface area (Å²) >= 11 is 0. The van der Waals surface area contributed by atoms with Gasteiger partial charge in [-0.2, -0.15) is 0 Å². The molecule has 0 radical (unpaired) electrons. The molecule has 0 saturated heterocycles. The van der Waals surface area contributed by atoms with E-state index in [2.05, 4.69) is 0 Å². The first-order chi connectivity index (χ1) is 6.93. The Hall–Kier alpha value is -0.890. The van der Waals surface area contributed by atoms with Crippen LogP contribution in [0, 0.1) is 0 Å². The Bertz CT molecular complexity index is 361. The second-order valence-electron chi connectivity index (χ2n) is 5.03. The van der Waals surface area contributed by atoms with Crippen LogP contribution in [0.5, 0.6) is 0 Å². The van der Waals surface area contributed by atoms with Crippen molar-refractivity contribution in [3.05, 3.63) is 35.4 Å². The van der Waals surface area contributed by atoms with E-state index in [4.69, 9.17) is 5.73 Å². The van der Waals surface area contributed by atoms with Crippen LogP contribution < -0.4 is 5.73 Å². The van der Waals surface area contributed by atoms with Crippen LogP contribution in [0.2, 0.25) is 0 Å². The lowest BCUT2D eigenvalue weighted by molar-refractivity contribution is 0.201. The second-order valence-corrected chi connectivity index (χ2v) is 5.03. The van der Waals surface area contributed by atoms with Crippen molar-refractivity contribution in [1.29, 1.82) is 0 Å². The molecular weight excluding hydrogens is 189 g/mol. The van der Waals surface area contributed by atoms with Crippen molar-refractivity contribution in [2.24, 2.45) is 5.73 Å². The maximum Gasteiger partial charge on any atom is 0.130 e. The molecule has 1 aliphatic carbocycles. The summed E-state index contributed by atoms with van der Waals surface area (Å²) in [6, 6.07) is 7.64. The van der Waals surface area contributed by atoms with E-state index in [0.29, 0.717) is 0 Å². The van der Waals surface area contributed by atoms with Gasteiger partial charge in [0.2, 0.25) is 0 Å². The van der Waals surface area contributed by atoms with Crippen molar-refractivity contribution >= 4 is 0 Å². The molecule has 1 saturated carbocycles. The lowest BCUT2D eigenvalue weighted by Crippen LogP contribution is -2.44. The topological polar surface area (TPSA) is 26.0 Å². The average molecular weight is 207 g/mol. The van der Waals surface area contributed by atoms with Gasteiger partial charge >= 0.3 is 0 Å². The molecule has 0 amide bonds. The van der Waals surface area contributed by atoms with Crippen LogP contribution in [0.1, 0.15) is 44.2 Å². The van der Waals surface area contributed by atoms with Crippen molar-refractivity contribution in [3.63, 3.8) is 0 Å². The zero-order valence-corrected chi connectivity index (χ0v) is 9.39. The SMILES string of the molecule is CC(C)(F)c1ccccc1C1(N)CCC1. The monoisotopic (exact) mass is 207 g/mol. The van der Waals surface area contributed by atoms with Gasteiger partial charge in [-0.15, -0.1) is 0 Å². The Balaban J connectivity index is 2.47. The summed E-state index contributed by atoms with van der Waals surface area (Å²) in [6.07, 6.45) is 3.09. The zero-order valence-electron chi connectivity index (χ0n) is 9.39. The Morgan fingerprint density at radius 2 is 1.87 bits per heavy atom. The van der Waals surface area contributed by atoms with E-state index >= 15 is 0 Å². The third-order valence-corrected chi connectivity index (χ3v) is 3.35.